The predicted octanol–water partition coefficient (Wildman–Crippen LogP) is 3.41. The van der Waals surface area contributed by atoms with Gasteiger partial charge < -0.3 is 16.4 Å². The maximum absolute atomic E-state index is 11.9. The SMILES string of the molecule is CC(C)CC(=O)Nc1cccc(CN=C(N)NC2CCCCC2)c1. The number of aliphatic imine (C=N–C) groups is 1. The first-order chi connectivity index (χ1) is 11.5. The fraction of sp³-hybridized carbons (Fsp3) is 0.579. The molecule has 4 N–H and O–H groups in total. The molecule has 1 amide bonds. The number of nitrogens with one attached hydrogen (secondary N) is 2. The summed E-state index contributed by atoms with van der Waals surface area (Å²) in [6, 6.07) is 8.24. The van der Waals surface area contributed by atoms with E-state index in [4.69, 9.17) is 5.73 Å². The van der Waals surface area contributed by atoms with Crippen molar-refractivity contribution < 1.29 is 4.79 Å². The van der Waals surface area contributed by atoms with Gasteiger partial charge in [0.2, 0.25) is 5.91 Å². The second-order valence-electron chi connectivity index (χ2n) is 7.03. The van der Waals surface area contributed by atoms with E-state index in [1.54, 1.807) is 0 Å². The first kappa shape index (κ1) is 18.3. The lowest BCUT2D eigenvalue weighted by atomic mass is 9.96. The van der Waals surface area contributed by atoms with Crippen LogP contribution in [0.4, 0.5) is 5.69 Å². The van der Waals surface area contributed by atoms with Crippen LogP contribution in [0.5, 0.6) is 0 Å². The van der Waals surface area contributed by atoms with Crippen LogP contribution in [0, 0.1) is 5.92 Å². The van der Waals surface area contributed by atoms with Crippen molar-refractivity contribution in [2.45, 2.75) is 65.0 Å². The molecule has 0 spiro atoms. The van der Waals surface area contributed by atoms with E-state index < -0.39 is 0 Å². The van der Waals surface area contributed by atoms with Gasteiger partial charge in [0.25, 0.3) is 0 Å². The number of nitrogens with zero attached hydrogens (tertiary/aromatic N) is 1. The van der Waals surface area contributed by atoms with E-state index in [0.29, 0.717) is 30.9 Å². The standard InChI is InChI=1S/C19H30N4O/c1-14(2)11-18(24)22-17-10-6-7-15(12-17)13-21-19(20)23-16-8-4-3-5-9-16/h6-7,10,12,14,16H,3-5,8-9,11,13H2,1-2H3,(H,22,24)(H3,20,21,23). The number of carbonyl (C=O) groups excluding carboxylic acids is 1. The Balaban J connectivity index is 1.86. The normalized spacial score (nSPS) is 16.2. The van der Waals surface area contributed by atoms with Crippen molar-refractivity contribution >= 4 is 17.6 Å². The summed E-state index contributed by atoms with van der Waals surface area (Å²) >= 11 is 0. The number of guanidine groups is 1. The molecule has 0 saturated heterocycles. The molecule has 0 aromatic heterocycles. The number of hydrogen-bond donors (Lipinski definition) is 3. The van der Waals surface area contributed by atoms with Crippen molar-refractivity contribution in [2.24, 2.45) is 16.6 Å². The Labute approximate surface area is 145 Å². The lowest BCUT2D eigenvalue weighted by Crippen LogP contribution is -2.41. The smallest absolute Gasteiger partial charge is 0.224 e. The summed E-state index contributed by atoms with van der Waals surface area (Å²) in [5, 5.41) is 6.25. The number of amides is 1. The van der Waals surface area contributed by atoms with Gasteiger partial charge in [-0.15, -0.1) is 0 Å². The summed E-state index contributed by atoms with van der Waals surface area (Å²) in [6.07, 6.45) is 6.73. The molecule has 0 bridgehead atoms. The molecule has 0 unspecified atom stereocenters. The zero-order chi connectivity index (χ0) is 17.4. The van der Waals surface area contributed by atoms with Crippen molar-refractivity contribution in [1.29, 1.82) is 0 Å². The minimum absolute atomic E-state index is 0.0455. The van der Waals surface area contributed by atoms with Gasteiger partial charge in [-0.1, -0.05) is 45.2 Å². The number of rotatable bonds is 6. The molecule has 2 rings (SSSR count). The summed E-state index contributed by atoms with van der Waals surface area (Å²) < 4.78 is 0. The Hall–Kier alpha value is -2.04. The Morgan fingerprint density at radius 2 is 2.04 bits per heavy atom. The molecule has 1 aromatic carbocycles. The maximum atomic E-state index is 11.9. The predicted molar refractivity (Wildman–Crippen MR) is 99.9 cm³/mol. The zero-order valence-corrected chi connectivity index (χ0v) is 14.8. The fourth-order valence-electron chi connectivity index (χ4n) is 3.01. The summed E-state index contributed by atoms with van der Waals surface area (Å²) in [4.78, 5) is 16.3. The van der Waals surface area contributed by atoms with E-state index >= 15 is 0 Å². The van der Waals surface area contributed by atoms with E-state index in [9.17, 15) is 4.79 Å². The highest BCUT2D eigenvalue weighted by molar-refractivity contribution is 5.90. The van der Waals surface area contributed by atoms with Gasteiger partial charge in [0.1, 0.15) is 0 Å². The molecule has 1 fully saturated rings. The minimum Gasteiger partial charge on any atom is -0.370 e. The molecular formula is C19H30N4O. The number of benzene rings is 1. The largest absolute Gasteiger partial charge is 0.370 e. The lowest BCUT2D eigenvalue weighted by Gasteiger charge is -2.23. The highest BCUT2D eigenvalue weighted by Gasteiger charge is 2.13. The first-order valence-corrected chi connectivity index (χ1v) is 8.98. The van der Waals surface area contributed by atoms with E-state index in [-0.39, 0.29) is 5.91 Å². The summed E-state index contributed by atoms with van der Waals surface area (Å²) in [7, 11) is 0. The second kappa shape index (κ2) is 9.30. The van der Waals surface area contributed by atoms with Crippen LogP contribution >= 0.6 is 0 Å². The lowest BCUT2D eigenvalue weighted by molar-refractivity contribution is -0.116. The molecule has 24 heavy (non-hydrogen) atoms. The molecule has 0 atom stereocenters. The summed E-state index contributed by atoms with van der Waals surface area (Å²) in [6.45, 7) is 4.58. The van der Waals surface area contributed by atoms with Crippen LogP contribution in [0.2, 0.25) is 0 Å². The summed E-state index contributed by atoms with van der Waals surface area (Å²) in [5.74, 6) is 0.906. The summed E-state index contributed by atoms with van der Waals surface area (Å²) in [5.41, 5.74) is 7.84. The van der Waals surface area contributed by atoms with E-state index in [1.807, 2.05) is 38.1 Å². The molecule has 5 heteroatoms. The van der Waals surface area contributed by atoms with Gasteiger partial charge in [-0.2, -0.15) is 0 Å². The molecule has 0 heterocycles. The molecule has 1 aliphatic carbocycles. The quantitative estimate of drug-likeness (QED) is 0.552. The highest BCUT2D eigenvalue weighted by atomic mass is 16.1. The van der Waals surface area contributed by atoms with Crippen LogP contribution in [-0.4, -0.2) is 17.9 Å². The number of hydrogen-bond acceptors (Lipinski definition) is 2. The van der Waals surface area contributed by atoms with Gasteiger partial charge in [0.15, 0.2) is 5.96 Å². The van der Waals surface area contributed by atoms with E-state index in [0.717, 1.165) is 11.3 Å². The first-order valence-electron chi connectivity index (χ1n) is 8.98. The van der Waals surface area contributed by atoms with Crippen LogP contribution in [0.3, 0.4) is 0 Å². The van der Waals surface area contributed by atoms with Crippen molar-refractivity contribution in [3.05, 3.63) is 29.8 Å². The third-order valence-electron chi connectivity index (χ3n) is 4.19. The Morgan fingerprint density at radius 1 is 1.29 bits per heavy atom. The minimum atomic E-state index is 0.0455. The van der Waals surface area contributed by atoms with E-state index in [2.05, 4.69) is 15.6 Å². The molecule has 1 aliphatic rings. The van der Waals surface area contributed by atoms with Crippen molar-refractivity contribution in [2.75, 3.05) is 5.32 Å². The van der Waals surface area contributed by atoms with Gasteiger partial charge in [-0.05, 0) is 36.5 Å². The van der Waals surface area contributed by atoms with Crippen molar-refractivity contribution in [1.82, 2.24) is 5.32 Å². The van der Waals surface area contributed by atoms with Gasteiger partial charge in [0.05, 0.1) is 6.54 Å². The third kappa shape index (κ3) is 6.60. The maximum Gasteiger partial charge on any atom is 0.224 e. The molecule has 1 saturated carbocycles. The number of anilines is 1. The molecule has 1 aromatic rings. The Kier molecular flexibility index (Phi) is 7.09. The highest BCUT2D eigenvalue weighted by Crippen LogP contribution is 2.17. The van der Waals surface area contributed by atoms with Crippen LogP contribution in [0.15, 0.2) is 29.3 Å². The van der Waals surface area contributed by atoms with Gasteiger partial charge in [-0.25, -0.2) is 4.99 Å². The Bertz CT molecular complexity index is 562. The van der Waals surface area contributed by atoms with Crippen LogP contribution < -0.4 is 16.4 Å². The molecule has 132 valence electrons. The Morgan fingerprint density at radius 3 is 2.75 bits per heavy atom. The average molecular weight is 330 g/mol. The van der Waals surface area contributed by atoms with Crippen LogP contribution in [0.25, 0.3) is 0 Å². The second-order valence-corrected chi connectivity index (χ2v) is 7.03. The molecule has 5 nitrogen and oxygen atoms in total. The molecule has 0 radical (unpaired) electrons. The van der Waals surface area contributed by atoms with Gasteiger partial charge in [0, 0.05) is 18.2 Å². The average Bonchev–Trinajstić information content (AvgIpc) is 2.53. The topological polar surface area (TPSA) is 79.5 Å². The van der Waals surface area contributed by atoms with Crippen molar-refractivity contribution in [3.8, 4) is 0 Å². The van der Waals surface area contributed by atoms with Crippen LogP contribution in [0.1, 0.15) is 57.9 Å². The van der Waals surface area contributed by atoms with Crippen molar-refractivity contribution in [3.63, 3.8) is 0 Å². The molecular weight excluding hydrogens is 300 g/mol. The third-order valence-corrected chi connectivity index (χ3v) is 4.19. The monoisotopic (exact) mass is 330 g/mol. The van der Waals surface area contributed by atoms with Gasteiger partial charge in [-0.3, -0.25) is 4.79 Å². The zero-order valence-electron chi connectivity index (χ0n) is 14.8. The fourth-order valence-corrected chi connectivity index (χ4v) is 3.01. The number of nitrogens with two attached hydrogens (primary N) is 1. The van der Waals surface area contributed by atoms with Crippen LogP contribution in [-0.2, 0) is 11.3 Å². The number of carbonyl (C=O) groups is 1. The van der Waals surface area contributed by atoms with E-state index in [1.165, 1.54) is 32.1 Å². The van der Waals surface area contributed by atoms with Gasteiger partial charge >= 0.3 is 0 Å². The molecule has 0 aliphatic heterocycles.